The fourth-order valence-electron chi connectivity index (χ4n) is 5.57. The van der Waals surface area contributed by atoms with Crippen molar-refractivity contribution in [1.82, 2.24) is 10.2 Å². The van der Waals surface area contributed by atoms with Crippen molar-refractivity contribution < 1.29 is 4.74 Å². The Morgan fingerprint density at radius 3 is 2.46 bits per heavy atom. The van der Waals surface area contributed by atoms with Gasteiger partial charge in [-0.1, -0.05) is 60.5 Å². The lowest BCUT2D eigenvalue weighted by Gasteiger charge is -2.39. The van der Waals surface area contributed by atoms with E-state index in [0.717, 1.165) is 74.7 Å². The Hall–Kier alpha value is -3.23. The topological polar surface area (TPSA) is 24.5 Å². The molecule has 0 radical (unpaired) electrons. The number of terminal acetylenes is 1. The SMILES string of the molecule is C#Cc1ccc(-c2ccc(OCC)c(CN(C(=C)c3sc4ccccc4c3Cl)C3CCC(NC)CC3)c2)cc1. The minimum absolute atomic E-state index is 0.372. The van der Waals surface area contributed by atoms with Gasteiger partial charge in [-0.05, 0) is 81.1 Å². The zero-order valence-electron chi connectivity index (χ0n) is 22.7. The molecule has 1 aliphatic carbocycles. The van der Waals surface area contributed by atoms with Crippen molar-refractivity contribution in [3.63, 3.8) is 0 Å². The van der Waals surface area contributed by atoms with Crippen LogP contribution in [-0.2, 0) is 6.54 Å². The molecule has 1 N–H and O–H groups in total. The molecule has 3 aromatic carbocycles. The van der Waals surface area contributed by atoms with E-state index in [9.17, 15) is 0 Å². The van der Waals surface area contributed by atoms with Crippen LogP contribution >= 0.6 is 22.9 Å². The highest BCUT2D eigenvalue weighted by Crippen LogP contribution is 2.42. The van der Waals surface area contributed by atoms with E-state index in [1.165, 1.54) is 4.70 Å². The summed E-state index contributed by atoms with van der Waals surface area (Å²) in [5.41, 5.74) is 5.28. The van der Waals surface area contributed by atoms with Crippen molar-refractivity contribution >= 4 is 38.7 Å². The van der Waals surface area contributed by atoms with Gasteiger partial charge in [0, 0.05) is 45.5 Å². The van der Waals surface area contributed by atoms with Crippen LogP contribution in [-0.4, -0.2) is 30.6 Å². The van der Waals surface area contributed by atoms with Gasteiger partial charge in [-0.2, -0.15) is 0 Å². The Bertz CT molecular complexity index is 1490. The number of fused-ring (bicyclic) bond motifs is 1. The molecule has 0 saturated heterocycles. The van der Waals surface area contributed by atoms with Crippen LogP contribution in [0.25, 0.3) is 26.9 Å². The highest BCUT2D eigenvalue weighted by atomic mass is 35.5. The first-order valence-electron chi connectivity index (χ1n) is 13.6. The maximum Gasteiger partial charge on any atom is 0.124 e. The molecule has 1 heterocycles. The Labute approximate surface area is 241 Å². The summed E-state index contributed by atoms with van der Waals surface area (Å²) in [6.45, 7) is 7.98. The highest BCUT2D eigenvalue weighted by molar-refractivity contribution is 7.20. The summed E-state index contributed by atoms with van der Waals surface area (Å²) >= 11 is 8.69. The summed E-state index contributed by atoms with van der Waals surface area (Å²) < 4.78 is 7.31. The lowest BCUT2D eigenvalue weighted by Crippen LogP contribution is -2.40. The van der Waals surface area contributed by atoms with Gasteiger partial charge in [0.2, 0.25) is 0 Å². The van der Waals surface area contributed by atoms with Crippen LogP contribution in [0.3, 0.4) is 0 Å². The molecule has 0 unspecified atom stereocenters. The molecular weight excluding hydrogens is 520 g/mol. The van der Waals surface area contributed by atoms with E-state index < -0.39 is 0 Å². The maximum atomic E-state index is 6.97. The second-order valence-corrected chi connectivity index (χ2v) is 11.5. The van der Waals surface area contributed by atoms with Crippen LogP contribution in [0.4, 0.5) is 0 Å². The molecule has 4 aromatic rings. The predicted octanol–water partition coefficient (Wildman–Crippen LogP) is 8.61. The summed E-state index contributed by atoms with van der Waals surface area (Å²) in [5.74, 6) is 3.61. The number of benzene rings is 3. The number of hydrogen-bond acceptors (Lipinski definition) is 4. The Kier molecular flexibility index (Phi) is 8.63. The Balaban J connectivity index is 1.53. The van der Waals surface area contributed by atoms with Gasteiger partial charge in [0.25, 0.3) is 0 Å². The van der Waals surface area contributed by atoms with E-state index in [2.05, 4.69) is 78.3 Å². The zero-order valence-corrected chi connectivity index (χ0v) is 24.2. The quantitative estimate of drug-likeness (QED) is 0.210. The first-order chi connectivity index (χ1) is 19.0. The van der Waals surface area contributed by atoms with E-state index in [4.69, 9.17) is 22.8 Å². The highest BCUT2D eigenvalue weighted by Gasteiger charge is 2.29. The summed E-state index contributed by atoms with van der Waals surface area (Å²) in [4.78, 5) is 3.53. The predicted molar refractivity (Wildman–Crippen MR) is 167 cm³/mol. The van der Waals surface area contributed by atoms with Crippen molar-refractivity contribution in [2.24, 2.45) is 0 Å². The first-order valence-corrected chi connectivity index (χ1v) is 14.8. The molecule has 5 rings (SSSR count). The lowest BCUT2D eigenvalue weighted by molar-refractivity contribution is 0.203. The van der Waals surface area contributed by atoms with Crippen molar-refractivity contribution in [1.29, 1.82) is 0 Å². The summed E-state index contributed by atoms with van der Waals surface area (Å²) in [6, 6.07) is 23.9. The number of hydrogen-bond donors (Lipinski definition) is 1. The van der Waals surface area contributed by atoms with Gasteiger partial charge in [-0.15, -0.1) is 17.8 Å². The number of halogens is 1. The summed E-state index contributed by atoms with van der Waals surface area (Å²) in [5, 5.41) is 5.35. The van der Waals surface area contributed by atoms with E-state index in [1.54, 1.807) is 11.3 Å². The molecule has 0 amide bonds. The van der Waals surface area contributed by atoms with Gasteiger partial charge in [0.05, 0.1) is 16.5 Å². The molecule has 1 saturated carbocycles. The third-order valence-corrected chi connectivity index (χ3v) is 9.50. The van der Waals surface area contributed by atoms with Gasteiger partial charge >= 0.3 is 0 Å². The largest absolute Gasteiger partial charge is 0.494 e. The standard InChI is InChI=1S/C34H35ClN2OS/c1-5-24-11-13-25(14-12-24)26-15-20-31(38-6-2)27(21-26)22-37(29-18-16-28(36-4)17-19-29)23(3)34-33(35)30-9-7-8-10-32(30)39-34/h1,7-15,20-21,28-29,36H,3,6,16-19,22H2,2,4H3. The van der Waals surface area contributed by atoms with E-state index in [1.807, 2.05) is 25.1 Å². The summed E-state index contributed by atoms with van der Waals surface area (Å²) in [6.07, 6.45) is 10.1. The Morgan fingerprint density at radius 2 is 1.79 bits per heavy atom. The van der Waals surface area contributed by atoms with Gasteiger partial charge in [-0.3, -0.25) is 0 Å². The number of thiophene rings is 1. The number of ether oxygens (including phenoxy) is 1. The van der Waals surface area contributed by atoms with Crippen LogP contribution in [0.1, 0.15) is 48.6 Å². The van der Waals surface area contributed by atoms with Gasteiger partial charge in [0.15, 0.2) is 0 Å². The van der Waals surface area contributed by atoms with Gasteiger partial charge < -0.3 is 15.0 Å². The molecule has 200 valence electrons. The Morgan fingerprint density at radius 1 is 1.08 bits per heavy atom. The van der Waals surface area contributed by atoms with Crippen LogP contribution in [0.15, 0.2) is 73.3 Å². The minimum Gasteiger partial charge on any atom is -0.494 e. The van der Waals surface area contributed by atoms with Crippen molar-refractivity contribution in [2.75, 3.05) is 13.7 Å². The molecule has 39 heavy (non-hydrogen) atoms. The molecule has 0 aliphatic heterocycles. The molecule has 1 aliphatic rings. The zero-order chi connectivity index (χ0) is 27.4. The number of nitrogens with one attached hydrogen (secondary N) is 1. The second kappa shape index (κ2) is 12.3. The van der Waals surface area contributed by atoms with E-state index >= 15 is 0 Å². The van der Waals surface area contributed by atoms with Crippen LogP contribution in [0, 0.1) is 12.3 Å². The van der Waals surface area contributed by atoms with Crippen LogP contribution in [0.2, 0.25) is 5.02 Å². The molecule has 0 bridgehead atoms. The molecule has 1 aromatic heterocycles. The molecule has 5 heteroatoms. The van der Waals surface area contributed by atoms with E-state index in [0.29, 0.717) is 25.2 Å². The fraction of sp³-hybridized carbons (Fsp3) is 0.294. The van der Waals surface area contributed by atoms with Crippen molar-refractivity contribution in [2.45, 2.75) is 51.2 Å². The molecule has 3 nitrogen and oxygen atoms in total. The van der Waals surface area contributed by atoms with Crippen molar-refractivity contribution in [3.05, 3.63) is 94.3 Å². The third kappa shape index (κ3) is 5.87. The number of nitrogens with zero attached hydrogens (tertiary/aromatic N) is 1. The average Bonchev–Trinajstić information content (AvgIpc) is 3.33. The third-order valence-electron chi connectivity index (χ3n) is 7.78. The first kappa shape index (κ1) is 27.3. The minimum atomic E-state index is 0.372. The normalized spacial score (nSPS) is 17.1. The second-order valence-electron chi connectivity index (χ2n) is 10.1. The monoisotopic (exact) mass is 554 g/mol. The molecule has 1 fully saturated rings. The lowest BCUT2D eigenvalue weighted by atomic mass is 9.89. The average molecular weight is 555 g/mol. The van der Waals surface area contributed by atoms with Gasteiger partial charge in [0.1, 0.15) is 5.75 Å². The maximum absolute atomic E-state index is 6.97. The number of rotatable bonds is 9. The smallest absolute Gasteiger partial charge is 0.124 e. The van der Waals surface area contributed by atoms with Crippen LogP contribution < -0.4 is 10.1 Å². The van der Waals surface area contributed by atoms with Crippen molar-refractivity contribution in [3.8, 4) is 29.2 Å². The molecule has 0 atom stereocenters. The molecular formula is C34H35ClN2OS. The van der Waals surface area contributed by atoms with E-state index in [-0.39, 0.29) is 0 Å². The molecule has 0 spiro atoms. The summed E-state index contributed by atoms with van der Waals surface area (Å²) in [7, 11) is 2.06. The van der Waals surface area contributed by atoms with Crippen LogP contribution in [0.5, 0.6) is 5.75 Å². The van der Waals surface area contributed by atoms with Gasteiger partial charge in [-0.25, -0.2) is 0 Å². The fourth-order valence-corrected chi connectivity index (χ4v) is 7.10.